The van der Waals surface area contributed by atoms with Crippen molar-refractivity contribution in [3.63, 3.8) is 0 Å². The van der Waals surface area contributed by atoms with Crippen LogP contribution in [-0.2, 0) is 0 Å². The van der Waals surface area contributed by atoms with Gasteiger partial charge in [0.05, 0.1) is 3.57 Å². The Labute approximate surface area is 99.7 Å². The topological polar surface area (TPSA) is 51.8 Å². The molecule has 76 valence electrons. The SMILES string of the molecule is Nc1nc(-c2cccc(F)c2)ncc1I. The molecule has 0 fully saturated rings. The summed E-state index contributed by atoms with van der Waals surface area (Å²) in [4.78, 5) is 8.16. The molecule has 0 unspecified atom stereocenters. The maximum Gasteiger partial charge on any atom is 0.161 e. The first-order valence-corrected chi connectivity index (χ1v) is 5.28. The van der Waals surface area contributed by atoms with Crippen LogP contribution in [0.5, 0.6) is 0 Å². The minimum atomic E-state index is -0.312. The highest BCUT2D eigenvalue weighted by atomic mass is 127. The Hall–Kier alpha value is -1.24. The Balaban J connectivity index is 2.50. The standard InChI is InChI=1S/C10H7FIN3/c11-7-3-1-2-6(4-7)10-14-5-8(12)9(13)15-10/h1-5H,(H2,13,14,15). The van der Waals surface area contributed by atoms with Crippen LogP contribution in [0.3, 0.4) is 0 Å². The van der Waals surface area contributed by atoms with Crippen molar-refractivity contribution >= 4 is 28.4 Å². The van der Waals surface area contributed by atoms with Gasteiger partial charge in [0.2, 0.25) is 0 Å². The largest absolute Gasteiger partial charge is 0.383 e. The zero-order valence-electron chi connectivity index (χ0n) is 7.61. The summed E-state index contributed by atoms with van der Waals surface area (Å²) in [6, 6.07) is 6.11. The predicted molar refractivity (Wildman–Crippen MR) is 64.6 cm³/mol. The van der Waals surface area contributed by atoms with E-state index in [9.17, 15) is 4.39 Å². The number of anilines is 1. The van der Waals surface area contributed by atoms with Crippen LogP contribution in [0, 0.1) is 9.39 Å². The van der Waals surface area contributed by atoms with E-state index in [1.165, 1.54) is 12.1 Å². The van der Waals surface area contributed by atoms with Gasteiger partial charge in [-0.1, -0.05) is 12.1 Å². The third-order valence-corrected chi connectivity index (χ3v) is 2.69. The second-order valence-corrected chi connectivity index (χ2v) is 4.10. The summed E-state index contributed by atoms with van der Waals surface area (Å²) < 4.78 is 13.7. The van der Waals surface area contributed by atoms with Gasteiger partial charge < -0.3 is 5.73 Å². The molecule has 1 aromatic carbocycles. The molecule has 0 aliphatic rings. The van der Waals surface area contributed by atoms with Crippen LogP contribution in [0.2, 0.25) is 0 Å². The number of hydrogen-bond donors (Lipinski definition) is 1. The van der Waals surface area contributed by atoms with E-state index in [-0.39, 0.29) is 5.82 Å². The smallest absolute Gasteiger partial charge is 0.161 e. The van der Waals surface area contributed by atoms with Crippen LogP contribution in [0.25, 0.3) is 11.4 Å². The molecule has 0 saturated carbocycles. The van der Waals surface area contributed by atoms with Gasteiger partial charge in [-0.3, -0.25) is 0 Å². The van der Waals surface area contributed by atoms with Gasteiger partial charge in [-0.2, -0.15) is 0 Å². The van der Waals surface area contributed by atoms with E-state index >= 15 is 0 Å². The van der Waals surface area contributed by atoms with Crippen LogP contribution < -0.4 is 5.73 Å². The summed E-state index contributed by atoms with van der Waals surface area (Å²) in [6.07, 6.45) is 1.61. The van der Waals surface area contributed by atoms with Gasteiger partial charge in [0.15, 0.2) is 5.82 Å². The average Bonchev–Trinajstić information content (AvgIpc) is 2.22. The lowest BCUT2D eigenvalue weighted by Gasteiger charge is -2.02. The first kappa shape index (κ1) is 10.3. The minimum Gasteiger partial charge on any atom is -0.383 e. The minimum absolute atomic E-state index is 0.312. The van der Waals surface area contributed by atoms with Gasteiger partial charge in [0.1, 0.15) is 11.6 Å². The molecule has 2 rings (SSSR count). The molecule has 0 spiro atoms. The van der Waals surface area contributed by atoms with E-state index in [2.05, 4.69) is 9.97 Å². The summed E-state index contributed by atoms with van der Waals surface area (Å²) in [7, 11) is 0. The lowest BCUT2D eigenvalue weighted by atomic mass is 10.2. The van der Waals surface area contributed by atoms with E-state index in [0.717, 1.165) is 3.57 Å². The molecule has 0 radical (unpaired) electrons. The second-order valence-electron chi connectivity index (χ2n) is 2.94. The van der Waals surface area contributed by atoms with Crippen LogP contribution in [0.1, 0.15) is 0 Å². The molecule has 2 aromatic rings. The van der Waals surface area contributed by atoms with Crippen LogP contribution >= 0.6 is 22.6 Å². The molecule has 1 aromatic heterocycles. The fraction of sp³-hybridized carbons (Fsp3) is 0. The molecule has 0 amide bonds. The van der Waals surface area contributed by atoms with E-state index in [1.807, 2.05) is 22.6 Å². The number of nitrogens with zero attached hydrogens (tertiary/aromatic N) is 2. The highest BCUT2D eigenvalue weighted by Crippen LogP contribution is 2.18. The normalized spacial score (nSPS) is 10.3. The van der Waals surface area contributed by atoms with Crippen molar-refractivity contribution in [2.75, 3.05) is 5.73 Å². The molecule has 0 bridgehead atoms. The highest BCUT2D eigenvalue weighted by Gasteiger charge is 2.04. The maximum absolute atomic E-state index is 12.9. The van der Waals surface area contributed by atoms with Crippen LogP contribution in [0.4, 0.5) is 10.2 Å². The molecule has 0 aliphatic heterocycles. The van der Waals surface area contributed by atoms with E-state index in [4.69, 9.17) is 5.73 Å². The van der Waals surface area contributed by atoms with Crippen molar-refractivity contribution in [2.24, 2.45) is 0 Å². The third kappa shape index (κ3) is 2.23. The molecule has 3 nitrogen and oxygen atoms in total. The van der Waals surface area contributed by atoms with Crippen molar-refractivity contribution in [3.8, 4) is 11.4 Å². The summed E-state index contributed by atoms with van der Waals surface area (Å²) in [5.41, 5.74) is 6.27. The van der Waals surface area contributed by atoms with Gasteiger partial charge >= 0.3 is 0 Å². The van der Waals surface area contributed by atoms with Gasteiger partial charge in [0, 0.05) is 11.8 Å². The fourth-order valence-corrected chi connectivity index (χ4v) is 1.41. The zero-order chi connectivity index (χ0) is 10.8. The number of aromatic nitrogens is 2. The number of halogens is 2. The highest BCUT2D eigenvalue weighted by molar-refractivity contribution is 14.1. The molecule has 2 N–H and O–H groups in total. The first-order chi connectivity index (χ1) is 7.16. The maximum atomic E-state index is 12.9. The van der Waals surface area contributed by atoms with Crippen molar-refractivity contribution in [1.82, 2.24) is 9.97 Å². The number of hydrogen-bond acceptors (Lipinski definition) is 3. The second kappa shape index (κ2) is 4.09. The molecule has 0 aliphatic carbocycles. The van der Waals surface area contributed by atoms with Gasteiger partial charge in [0.25, 0.3) is 0 Å². The Morgan fingerprint density at radius 2 is 2.13 bits per heavy atom. The van der Waals surface area contributed by atoms with E-state index in [1.54, 1.807) is 18.3 Å². The van der Waals surface area contributed by atoms with Gasteiger partial charge in [-0.05, 0) is 34.7 Å². The number of nitrogen functional groups attached to an aromatic ring is 1. The van der Waals surface area contributed by atoms with E-state index < -0.39 is 0 Å². The summed E-state index contributed by atoms with van der Waals surface area (Å²) >= 11 is 2.04. The average molecular weight is 315 g/mol. The van der Waals surface area contributed by atoms with Crippen molar-refractivity contribution in [1.29, 1.82) is 0 Å². The Morgan fingerprint density at radius 1 is 1.33 bits per heavy atom. The molecular weight excluding hydrogens is 308 g/mol. The first-order valence-electron chi connectivity index (χ1n) is 4.21. The quantitative estimate of drug-likeness (QED) is 0.823. The molecule has 0 atom stereocenters. The van der Waals surface area contributed by atoms with Crippen molar-refractivity contribution < 1.29 is 4.39 Å². The summed E-state index contributed by atoms with van der Waals surface area (Å²) in [5.74, 6) is 0.533. The molecule has 0 saturated heterocycles. The third-order valence-electron chi connectivity index (χ3n) is 1.85. The monoisotopic (exact) mass is 315 g/mol. The Morgan fingerprint density at radius 3 is 2.80 bits per heavy atom. The summed E-state index contributed by atoms with van der Waals surface area (Å²) in [5, 5.41) is 0. The Bertz CT molecular complexity index is 502. The lowest BCUT2D eigenvalue weighted by molar-refractivity contribution is 0.628. The summed E-state index contributed by atoms with van der Waals surface area (Å²) in [6.45, 7) is 0. The fourth-order valence-electron chi connectivity index (χ4n) is 1.15. The molecule has 15 heavy (non-hydrogen) atoms. The zero-order valence-corrected chi connectivity index (χ0v) is 9.77. The molecule has 1 heterocycles. The van der Waals surface area contributed by atoms with Gasteiger partial charge in [-0.25, -0.2) is 14.4 Å². The molecular formula is C10H7FIN3. The predicted octanol–water partition coefficient (Wildman–Crippen LogP) is 2.47. The lowest BCUT2D eigenvalue weighted by Crippen LogP contribution is -1.98. The van der Waals surface area contributed by atoms with Crippen molar-refractivity contribution in [3.05, 3.63) is 39.8 Å². The van der Waals surface area contributed by atoms with Crippen LogP contribution in [-0.4, -0.2) is 9.97 Å². The molecule has 5 heteroatoms. The number of benzene rings is 1. The van der Waals surface area contributed by atoms with Crippen molar-refractivity contribution in [2.45, 2.75) is 0 Å². The van der Waals surface area contributed by atoms with E-state index in [0.29, 0.717) is 17.2 Å². The Kier molecular flexibility index (Phi) is 2.81. The van der Waals surface area contributed by atoms with Gasteiger partial charge in [-0.15, -0.1) is 0 Å². The number of rotatable bonds is 1. The van der Waals surface area contributed by atoms with Crippen LogP contribution in [0.15, 0.2) is 30.5 Å². The number of nitrogens with two attached hydrogens (primary N) is 1.